The highest BCUT2D eigenvalue weighted by molar-refractivity contribution is 9.10. The van der Waals surface area contributed by atoms with Gasteiger partial charge in [-0.2, -0.15) is 0 Å². The van der Waals surface area contributed by atoms with Crippen LogP contribution in [0.2, 0.25) is 0 Å². The summed E-state index contributed by atoms with van der Waals surface area (Å²) in [5, 5.41) is 0. The molecule has 0 spiro atoms. The summed E-state index contributed by atoms with van der Waals surface area (Å²) < 4.78 is 1.01. The van der Waals surface area contributed by atoms with Crippen molar-refractivity contribution in [2.75, 3.05) is 18.8 Å². The van der Waals surface area contributed by atoms with Gasteiger partial charge in [0.15, 0.2) is 0 Å². The molecule has 86 valence electrons. The second kappa shape index (κ2) is 6.57. The van der Waals surface area contributed by atoms with Gasteiger partial charge in [-0.05, 0) is 30.7 Å². The Labute approximate surface area is 106 Å². The van der Waals surface area contributed by atoms with Crippen molar-refractivity contribution in [1.29, 1.82) is 0 Å². The number of terminal acetylenes is 1. The molecule has 0 saturated heterocycles. The SMILES string of the molecule is C#CCN(CCC)Cc1ccc(Br)cc1N. The molecule has 1 rings (SSSR count). The minimum atomic E-state index is 0.670. The van der Waals surface area contributed by atoms with Crippen LogP contribution in [0.4, 0.5) is 5.69 Å². The molecule has 0 atom stereocenters. The summed E-state index contributed by atoms with van der Waals surface area (Å²) in [5.41, 5.74) is 7.90. The number of hydrogen-bond donors (Lipinski definition) is 1. The monoisotopic (exact) mass is 280 g/mol. The standard InChI is InChI=1S/C13H17BrN2/c1-3-7-16(8-4-2)10-11-5-6-12(14)9-13(11)15/h1,5-6,9H,4,7-8,10,15H2,2H3. The van der Waals surface area contributed by atoms with Crippen molar-refractivity contribution in [2.24, 2.45) is 0 Å². The number of benzene rings is 1. The first-order valence-corrected chi connectivity index (χ1v) is 6.16. The number of halogens is 1. The molecule has 0 aromatic heterocycles. The molecule has 1 aromatic rings. The molecule has 0 heterocycles. The van der Waals surface area contributed by atoms with E-state index in [-0.39, 0.29) is 0 Å². The maximum Gasteiger partial charge on any atom is 0.0601 e. The number of anilines is 1. The summed E-state index contributed by atoms with van der Waals surface area (Å²) in [4.78, 5) is 2.22. The summed E-state index contributed by atoms with van der Waals surface area (Å²) in [6, 6.07) is 5.97. The number of nitrogens with two attached hydrogens (primary N) is 1. The third kappa shape index (κ3) is 3.88. The van der Waals surface area contributed by atoms with Gasteiger partial charge in [0.1, 0.15) is 0 Å². The smallest absolute Gasteiger partial charge is 0.0601 e. The predicted molar refractivity (Wildman–Crippen MR) is 73.0 cm³/mol. The minimum absolute atomic E-state index is 0.670. The largest absolute Gasteiger partial charge is 0.398 e. The Morgan fingerprint density at radius 3 is 2.81 bits per heavy atom. The van der Waals surface area contributed by atoms with Gasteiger partial charge in [-0.15, -0.1) is 6.42 Å². The van der Waals surface area contributed by atoms with E-state index in [1.807, 2.05) is 18.2 Å². The van der Waals surface area contributed by atoms with Gasteiger partial charge in [0.2, 0.25) is 0 Å². The van der Waals surface area contributed by atoms with Crippen molar-refractivity contribution in [3.8, 4) is 12.3 Å². The molecule has 0 saturated carbocycles. The average molecular weight is 281 g/mol. The molecule has 16 heavy (non-hydrogen) atoms. The lowest BCUT2D eigenvalue weighted by atomic mass is 10.1. The lowest BCUT2D eigenvalue weighted by Crippen LogP contribution is -2.24. The van der Waals surface area contributed by atoms with Crippen LogP contribution in [-0.2, 0) is 6.54 Å². The average Bonchev–Trinajstić information content (AvgIpc) is 2.23. The number of hydrogen-bond acceptors (Lipinski definition) is 2. The second-order valence-electron chi connectivity index (χ2n) is 3.76. The van der Waals surface area contributed by atoms with Gasteiger partial charge in [-0.3, -0.25) is 4.90 Å². The van der Waals surface area contributed by atoms with Gasteiger partial charge in [-0.1, -0.05) is 34.8 Å². The van der Waals surface area contributed by atoms with Crippen molar-refractivity contribution >= 4 is 21.6 Å². The zero-order valence-corrected chi connectivity index (χ0v) is 11.1. The van der Waals surface area contributed by atoms with Crippen LogP contribution in [-0.4, -0.2) is 18.0 Å². The van der Waals surface area contributed by atoms with Gasteiger partial charge in [-0.25, -0.2) is 0 Å². The van der Waals surface area contributed by atoms with E-state index in [4.69, 9.17) is 12.2 Å². The van der Waals surface area contributed by atoms with Crippen LogP contribution in [0.1, 0.15) is 18.9 Å². The molecule has 0 unspecified atom stereocenters. The highest BCUT2D eigenvalue weighted by Gasteiger charge is 2.06. The zero-order chi connectivity index (χ0) is 12.0. The summed E-state index contributed by atoms with van der Waals surface area (Å²) >= 11 is 3.40. The van der Waals surface area contributed by atoms with Gasteiger partial charge >= 0.3 is 0 Å². The van der Waals surface area contributed by atoms with Gasteiger partial charge < -0.3 is 5.73 Å². The maximum atomic E-state index is 5.95. The summed E-state index contributed by atoms with van der Waals surface area (Å²) in [5.74, 6) is 2.68. The van der Waals surface area contributed by atoms with Crippen molar-refractivity contribution in [2.45, 2.75) is 19.9 Å². The van der Waals surface area contributed by atoms with E-state index in [1.54, 1.807) is 0 Å². The Bertz CT molecular complexity index is 382. The molecule has 0 radical (unpaired) electrons. The topological polar surface area (TPSA) is 29.3 Å². The van der Waals surface area contributed by atoms with Crippen LogP contribution < -0.4 is 5.73 Å². The first-order valence-electron chi connectivity index (χ1n) is 5.37. The molecule has 0 aliphatic rings. The molecule has 2 N–H and O–H groups in total. The Morgan fingerprint density at radius 1 is 1.50 bits per heavy atom. The molecule has 0 fully saturated rings. The molecule has 2 nitrogen and oxygen atoms in total. The van der Waals surface area contributed by atoms with Crippen LogP contribution in [0.3, 0.4) is 0 Å². The van der Waals surface area contributed by atoms with Gasteiger partial charge in [0, 0.05) is 16.7 Å². The van der Waals surface area contributed by atoms with Crippen LogP contribution in [0.15, 0.2) is 22.7 Å². The van der Waals surface area contributed by atoms with E-state index in [0.29, 0.717) is 6.54 Å². The third-order valence-corrected chi connectivity index (χ3v) is 2.85. The number of nitrogen functional groups attached to an aromatic ring is 1. The molecule has 0 bridgehead atoms. The quantitative estimate of drug-likeness (QED) is 0.664. The highest BCUT2D eigenvalue weighted by Crippen LogP contribution is 2.19. The maximum absolute atomic E-state index is 5.95. The van der Waals surface area contributed by atoms with Crippen LogP contribution in [0, 0.1) is 12.3 Å². The summed E-state index contributed by atoms with van der Waals surface area (Å²) in [6.45, 7) is 4.63. The Balaban J connectivity index is 2.73. The highest BCUT2D eigenvalue weighted by atomic mass is 79.9. The van der Waals surface area contributed by atoms with Crippen molar-refractivity contribution < 1.29 is 0 Å². The van der Waals surface area contributed by atoms with E-state index in [9.17, 15) is 0 Å². The number of nitrogens with zero attached hydrogens (tertiary/aromatic N) is 1. The molecule has 0 aliphatic heterocycles. The Morgan fingerprint density at radius 2 is 2.25 bits per heavy atom. The fraction of sp³-hybridized carbons (Fsp3) is 0.385. The van der Waals surface area contributed by atoms with Crippen LogP contribution in [0.25, 0.3) is 0 Å². The van der Waals surface area contributed by atoms with Crippen molar-refractivity contribution in [3.63, 3.8) is 0 Å². The normalized spacial score (nSPS) is 10.4. The fourth-order valence-electron chi connectivity index (χ4n) is 1.61. The van der Waals surface area contributed by atoms with E-state index < -0.39 is 0 Å². The van der Waals surface area contributed by atoms with Gasteiger partial charge in [0.25, 0.3) is 0 Å². The lowest BCUT2D eigenvalue weighted by molar-refractivity contribution is 0.300. The summed E-state index contributed by atoms with van der Waals surface area (Å²) in [6.07, 6.45) is 6.44. The summed E-state index contributed by atoms with van der Waals surface area (Å²) in [7, 11) is 0. The zero-order valence-electron chi connectivity index (χ0n) is 9.54. The molecule has 3 heteroatoms. The van der Waals surface area contributed by atoms with Crippen molar-refractivity contribution in [3.05, 3.63) is 28.2 Å². The lowest BCUT2D eigenvalue weighted by Gasteiger charge is -2.19. The second-order valence-corrected chi connectivity index (χ2v) is 4.67. The van der Waals surface area contributed by atoms with E-state index in [2.05, 4.69) is 33.7 Å². The van der Waals surface area contributed by atoms with Gasteiger partial charge in [0.05, 0.1) is 6.54 Å². The Kier molecular flexibility index (Phi) is 5.37. The van der Waals surface area contributed by atoms with Crippen LogP contribution >= 0.6 is 15.9 Å². The van der Waals surface area contributed by atoms with E-state index in [1.165, 1.54) is 0 Å². The third-order valence-electron chi connectivity index (χ3n) is 2.36. The predicted octanol–water partition coefficient (Wildman–Crippen LogP) is 2.88. The molecule has 1 aromatic carbocycles. The molecule has 0 amide bonds. The molecular formula is C13H17BrN2. The Hall–Kier alpha value is -0.980. The van der Waals surface area contributed by atoms with Crippen molar-refractivity contribution in [1.82, 2.24) is 4.90 Å². The van der Waals surface area contributed by atoms with Crippen LogP contribution in [0.5, 0.6) is 0 Å². The molecular weight excluding hydrogens is 264 g/mol. The first-order chi connectivity index (χ1) is 7.67. The fourth-order valence-corrected chi connectivity index (χ4v) is 1.99. The van der Waals surface area contributed by atoms with E-state index in [0.717, 1.165) is 35.2 Å². The van der Waals surface area contributed by atoms with E-state index >= 15 is 0 Å². The first kappa shape index (κ1) is 13.1. The molecule has 0 aliphatic carbocycles. The number of rotatable bonds is 5. The minimum Gasteiger partial charge on any atom is -0.398 e.